The van der Waals surface area contributed by atoms with Gasteiger partial charge in [0.2, 0.25) is 11.8 Å². The van der Waals surface area contributed by atoms with Crippen LogP contribution in [0.25, 0.3) is 10.8 Å². The summed E-state index contributed by atoms with van der Waals surface area (Å²) in [5.74, 6) is -0.251. The highest BCUT2D eigenvalue weighted by Crippen LogP contribution is 2.37. The summed E-state index contributed by atoms with van der Waals surface area (Å²) < 4.78 is 0. The van der Waals surface area contributed by atoms with Crippen molar-refractivity contribution < 1.29 is 14.4 Å². The van der Waals surface area contributed by atoms with Crippen LogP contribution in [0.1, 0.15) is 59.7 Å². The van der Waals surface area contributed by atoms with E-state index in [2.05, 4.69) is 18.3 Å². The molecule has 0 aromatic heterocycles. The van der Waals surface area contributed by atoms with Gasteiger partial charge >= 0.3 is 0 Å². The molecule has 1 atom stereocenters. The Morgan fingerprint density at radius 2 is 1.62 bits per heavy atom. The topological polar surface area (TPSA) is 69.7 Å². The van der Waals surface area contributed by atoms with Crippen molar-refractivity contribution in [3.8, 4) is 0 Å². The second kappa shape index (κ2) is 13.5. The van der Waals surface area contributed by atoms with Crippen molar-refractivity contribution in [3.05, 3.63) is 113 Å². The summed E-state index contributed by atoms with van der Waals surface area (Å²) in [7, 11) is 0. The van der Waals surface area contributed by atoms with Crippen LogP contribution in [0.3, 0.4) is 0 Å². The lowest BCUT2D eigenvalue weighted by Gasteiger charge is -2.32. The first-order chi connectivity index (χ1) is 20.5. The maximum absolute atomic E-state index is 14.0. The van der Waals surface area contributed by atoms with Gasteiger partial charge in [0.1, 0.15) is 6.04 Å². The Morgan fingerprint density at radius 3 is 2.38 bits per heavy atom. The minimum atomic E-state index is -0.649. The molecule has 1 N–H and O–H groups in total. The van der Waals surface area contributed by atoms with Crippen molar-refractivity contribution in [1.29, 1.82) is 0 Å². The minimum Gasteiger partial charge on any atom is -0.354 e. The Hall–Kier alpha value is -4.45. The third-order valence-corrected chi connectivity index (χ3v) is 7.96. The van der Waals surface area contributed by atoms with Crippen LogP contribution in [0.4, 0.5) is 5.69 Å². The molecule has 0 aliphatic carbocycles. The molecule has 1 aliphatic rings. The number of hydrogen-bond donors (Lipinski definition) is 1. The molecule has 1 aliphatic heterocycles. The highest BCUT2D eigenvalue weighted by atomic mass is 16.2. The molecule has 42 heavy (non-hydrogen) atoms. The van der Waals surface area contributed by atoms with Gasteiger partial charge in [0.05, 0.1) is 5.69 Å². The lowest BCUT2D eigenvalue weighted by Crippen LogP contribution is -2.50. The monoisotopic (exact) mass is 561 g/mol. The SMILES string of the molecule is CCCCNC(=O)[C@H](Cc1ccccc1)N(Cc1cccc(C)c1)C(=O)CCCN1C(=O)c2cccc3cccc1c23. The van der Waals surface area contributed by atoms with Crippen molar-refractivity contribution in [2.24, 2.45) is 0 Å². The van der Waals surface area contributed by atoms with Crippen molar-refractivity contribution in [3.63, 3.8) is 0 Å². The molecule has 0 saturated carbocycles. The Balaban J connectivity index is 1.36. The van der Waals surface area contributed by atoms with E-state index in [4.69, 9.17) is 0 Å². The lowest BCUT2D eigenvalue weighted by atomic mass is 10.0. The number of aryl methyl sites for hydroxylation is 1. The van der Waals surface area contributed by atoms with Crippen molar-refractivity contribution in [2.75, 3.05) is 18.0 Å². The quantitative estimate of drug-likeness (QED) is 0.191. The summed E-state index contributed by atoms with van der Waals surface area (Å²) in [6.45, 7) is 5.47. The van der Waals surface area contributed by atoms with E-state index in [9.17, 15) is 14.4 Å². The van der Waals surface area contributed by atoms with Gasteiger partial charge in [-0.05, 0) is 48.4 Å². The summed E-state index contributed by atoms with van der Waals surface area (Å²) in [5.41, 5.74) is 4.70. The molecule has 0 spiro atoms. The normalized spacial score (nSPS) is 12.9. The van der Waals surface area contributed by atoms with E-state index in [0.29, 0.717) is 38.0 Å². The standard InChI is InChI=1S/C36H39N3O3/c1-3-4-21-37-35(41)32(24-27-13-6-5-7-14-27)39(25-28-15-8-12-26(2)23-28)33(40)20-11-22-38-31-19-10-17-29-16-9-18-30(34(29)31)36(38)42/h5-10,12-19,23,32H,3-4,11,20-22,24-25H2,1-2H3,(H,37,41)/t32-/m0/s1. The van der Waals surface area contributed by atoms with Gasteiger partial charge in [-0.15, -0.1) is 0 Å². The average Bonchev–Trinajstić information content (AvgIpc) is 3.27. The van der Waals surface area contributed by atoms with Crippen LogP contribution in [-0.2, 0) is 22.6 Å². The van der Waals surface area contributed by atoms with Crippen molar-refractivity contribution in [1.82, 2.24) is 10.2 Å². The van der Waals surface area contributed by atoms with Gasteiger partial charge in [-0.3, -0.25) is 14.4 Å². The third-order valence-electron chi connectivity index (χ3n) is 7.96. The molecule has 5 rings (SSSR count). The zero-order chi connectivity index (χ0) is 29.5. The van der Waals surface area contributed by atoms with Crippen LogP contribution in [0.2, 0.25) is 0 Å². The number of carbonyl (C=O) groups is 3. The number of anilines is 1. The highest BCUT2D eigenvalue weighted by Gasteiger charge is 2.32. The number of nitrogens with zero attached hydrogens (tertiary/aromatic N) is 2. The van der Waals surface area contributed by atoms with Crippen LogP contribution >= 0.6 is 0 Å². The number of carbonyl (C=O) groups excluding carboxylic acids is 3. The minimum absolute atomic E-state index is 0.0249. The third kappa shape index (κ3) is 6.54. The zero-order valence-corrected chi connectivity index (χ0v) is 24.5. The Labute approximate surface area is 248 Å². The van der Waals surface area contributed by atoms with E-state index in [1.165, 1.54) is 0 Å². The van der Waals surface area contributed by atoms with E-state index in [-0.39, 0.29) is 24.1 Å². The molecule has 0 bridgehead atoms. The molecule has 6 nitrogen and oxygen atoms in total. The van der Waals surface area contributed by atoms with E-state index in [0.717, 1.165) is 46.0 Å². The van der Waals surface area contributed by atoms with Crippen LogP contribution in [-0.4, -0.2) is 41.8 Å². The lowest BCUT2D eigenvalue weighted by molar-refractivity contribution is -0.141. The Bertz CT molecular complexity index is 1560. The molecular weight excluding hydrogens is 522 g/mol. The van der Waals surface area contributed by atoms with Gasteiger partial charge in [-0.2, -0.15) is 0 Å². The van der Waals surface area contributed by atoms with Crippen LogP contribution in [0.5, 0.6) is 0 Å². The summed E-state index contributed by atoms with van der Waals surface area (Å²) in [5, 5.41) is 5.10. The smallest absolute Gasteiger partial charge is 0.258 e. The van der Waals surface area contributed by atoms with Crippen molar-refractivity contribution in [2.45, 2.75) is 58.5 Å². The van der Waals surface area contributed by atoms with E-state index in [1.807, 2.05) is 91.9 Å². The van der Waals surface area contributed by atoms with Crippen LogP contribution in [0, 0.1) is 6.92 Å². The molecule has 1 heterocycles. The van der Waals surface area contributed by atoms with Crippen LogP contribution < -0.4 is 10.2 Å². The van der Waals surface area contributed by atoms with E-state index < -0.39 is 6.04 Å². The number of rotatable bonds is 13. The van der Waals surface area contributed by atoms with Gasteiger partial charge in [0.25, 0.3) is 5.91 Å². The van der Waals surface area contributed by atoms with Gasteiger partial charge < -0.3 is 15.1 Å². The molecule has 3 amide bonds. The van der Waals surface area contributed by atoms with E-state index >= 15 is 0 Å². The summed E-state index contributed by atoms with van der Waals surface area (Å²) in [6.07, 6.45) is 3.01. The molecule has 4 aromatic rings. The summed E-state index contributed by atoms with van der Waals surface area (Å²) >= 11 is 0. The van der Waals surface area contributed by atoms with Crippen LogP contribution in [0.15, 0.2) is 91.0 Å². The number of hydrogen-bond acceptors (Lipinski definition) is 3. The first-order valence-electron chi connectivity index (χ1n) is 15.0. The fraction of sp³-hybridized carbons (Fsp3) is 0.306. The predicted molar refractivity (Wildman–Crippen MR) is 168 cm³/mol. The van der Waals surface area contributed by atoms with E-state index in [1.54, 1.807) is 9.80 Å². The predicted octanol–water partition coefficient (Wildman–Crippen LogP) is 6.45. The van der Waals surface area contributed by atoms with Gasteiger partial charge in [0, 0.05) is 43.4 Å². The Kier molecular flexibility index (Phi) is 9.32. The van der Waals surface area contributed by atoms with Gasteiger partial charge in [-0.25, -0.2) is 0 Å². The molecule has 6 heteroatoms. The van der Waals surface area contributed by atoms with Crippen molar-refractivity contribution >= 4 is 34.2 Å². The molecule has 0 unspecified atom stereocenters. The number of benzene rings is 4. The van der Waals surface area contributed by atoms with Gasteiger partial charge in [-0.1, -0.05) is 97.8 Å². The second-order valence-electron chi connectivity index (χ2n) is 11.1. The summed E-state index contributed by atoms with van der Waals surface area (Å²) in [6, 6.07) is 29.0. The maximum atomic E-state index is 14.0. The first-order valence-corrected chi connectivity index (χ1v) is 15.0. The number of nitrogens with one attached hydrogen (secondary N) is 1. The molecule has 0 fully saturated rings. The zero-order valence-electron chi connectivity index (χ0n) is 24.5. The highest BCUT2D eigenvalue weighted by molar-refractivity contribution is 6.25. The fourth-order valence-corrected chi connectivity index (χ4v) is 5.80. The maximum Gasteiger partial charge on any atom is 0.258 e. The average molecular weight is 562 g/mol. The second-order valence-corrected chi connectivity index (χ2v) is 11.1. The molecule has 4 aromatic carbocycles. The molecule has 0 saturated heterocycles. The molecule has 0 radical (unpaired) electrons. The number of amides is 3. The number of unbranched alkanes of at least 4 members (excludes halogenated alkanes) is 1. The Morgan fingerprint density at radius 1 is 0.881 bits per heavy atom. The first kappa shape index (κ1) is 29.1. The fourth-order valence-electron chi connectivity index (χ4n) is 5.80. The van der Waals surface area contributed by atoms with Gasteiger partial charge in [0.15, 0.2) is 0 Å². The summed E-state index contributed by atoms with van der Waals surface area (Å²) in [4.78, 5) is 44.4. The molecular formula is C36H39N3O3. The molecule has 216 valence electrons. The largest absolute Gasteiger partial charge is 0.354 e.